The van der Waals surface area contributed by atoms with E-state index in [4.69, 9.17) is 11.6 Å². The van der Waals surface area contributed by atoms with Gasteiger partial charge in [-0.2, -0.15) is 13.2 Å². The summed E-state index contributed by atoms with van der Waals surface area (Å²) in [5, 5.41) is 14.7. The highest BCUT2D eigenvalue weighted by atomic mass is 127. The molecule has 1 fully saturated rings. The second-order valence-corrected chi connectivity index (χ2v) is 7.43. The van der Waals surface area contributed by atoms with Crippen LogP contribution in [0, 0.1) is 6.92 Å². The molecule has 0 bridgehead atoms. The van der Waals surface area contributed by atoms with Crippen LogP contribution in [0.25, 0.3) is 0 Å². The summed E-state index contributed by atoms with van der Waals surface area (Å²) in [6.07, 6.45) is -2.88. The minimum absolute atomic E-state index is 0. The highest BCUT2D eigenvalue weighted by molar-refractivity contribution is 14.0. The summed E-state index contributed by atoms with van der Waals surface area (Å²) in [4.78, 5) is 10.4. The Morgan fingerprint density at radius 3 is 2.68 bits per heavy atom. The summed E-state index contributed by atoms with van der Waals surface area (Å²) in [5.74, 6) is 2.55. The van der Waals surface area contributed by atoms with Gasteiger partial charge in [-0.05, 0) is 26.3 Å². The van der Waals surface area contributed by atoms with Crippen LogP contribution in [0.1, 0.15) is 30.6 Å². The standard InChI is InChI=1S/C18H24ClF3N8.HI/c1-4-23-17(25-9-15-28-27-11(2)29(15)3)26-13-5-6-30(10-13)16-14(19)7-12(8-24-16)18(20,21)22;/h7-8,13H,4-6,9-10H2,1-3H3,(H2,23,25,26);1H. The molecule has 8 nitrogen and oxygen atoms in total. The molecule has 0 saturated carbocycles. The molecule has 172 valence electrons. The molecular formula is C18H25ClF3IN8. The third-order valence-corrected chi connectivity index (χ3v) is 5.16. The number of rotatable bonds is 5. The van der Waals surface area contributed by atoms with Gasteiger partial charge in [-0.15, -0.1) is 34.2 Å². The summed E-state index contributed by atoms with van der Waals surface area (Å²) in [6, 6.07) is 0.961. The van der Waals surface area contributed by atoms with Gasteiger partial charge in [-0.25, -0.2) is 9.98 Å². The summed E-state index contributed by atoms with van der Waals surface area (Å²) < 4.78 is 40.3. The van der Waals surface area contributed by atoms with Gasteiger partial charge in [0.25, 0.3) is 0 Å². The summed E-state index contributed by atoms with van der Waals surface area (Å²) in [7, 11) is 1.89. The lowest BCUT2D eigenvalue weighted by atomic mass is 10.2. The van der Waals surface area contributed by atoms with Gasteiger partial charge in [-0.3, -0.25) is 0 Å². The molecule has 1 aliphatic rings. The molecule has 2 aromatic heterocycles. The quantitative estimate of drug-likeness (QED) is 0.326. The zero-order chi connectivity index (χ0) is 21.9. The van der Waals surface area contributed by atoms with Gasteiger partial charge in [-0.1, -0.05) is 11.6 Å². The van der Waals surface area contributed by atoms with Crippen LogP contribution in [-0.4, -0.2) is 51.4 Å². The topological polar surface area (TPSA) is 83.3 Å². The molecule has 1 unspecified atom stereocenters. The molecule has 1 aliphatic heterocycles. The third kappa shape index (κ3) is 6.34. The van der Waals surface area contributed by atoms with Crippen LogP contribution in [0.2, 0.25) is 5.02 Å². The average Bonchev–Trinajstić information content (AvgIpc) is 3.26. The summed E-state index contributed by atoms with van der Waals surface area (Å²) in [5.41, 5.74) is -0.856. The molecule has 0 radical (unpaired) electrons. The number of aryl methyl sites for hydroxylation is 1. The maximum atomic E-state index is 12.8. The predicted molar refractivity (Wildman–Crippen MR) is 124 cm³/mol. The fourth-order valence-electron chi connectivity index (χ4n) is 3.14. The molecule has 0 amide bonds. The maximum Gasteiger partial charge on any atom is 0.417 e. The van der Waals surface area contributed by atoms with Gasteiger partial charge in [0.2, 0.25) is 0 Å². The summed E-state index contributed by atoms with van der Waals surface area (Å²) >= 11 is 6.08. The Bertz CT molecular complexity index is 918. The van der Waals surface area contributed by atoms with E-state index in [2.05, 4.69) is 30.8 Å². The number of halogens is 5. The molecule has 31 heavy (non-hydrogen) atoms. The lowest BCUT2D eigenvalue weighted by Crippen LogP contribution is -2.44. The first-order valence-electron chi connectivity index (χ1n) is 9.56. The minimum Gasteiger partial charge on any atom is -0.357 e. The van der Waals surface area contributed by atoms with Gasteiger partial charge in [0.1, 0.15) is 18.2 Å². The molecule has 0 spiro atoms. The first-order valence-corrected chi connectivity index (χ1v) is 9.94. The number of anilines is 1. The van der Waals surface area contributed by atoms with Crippen molar-refractivity contribution in [1.29, 1.82) is 0 Å². The lowest BCUT2D eigenvalue weighted by Gasteiger charge is -2.21. The SMILES string of the molecule is CCNC(=NCc1nnc(C)n1C)NC1CCN(c2ncc(C(F)(F)F)cc2Cl)C1.I. The highest BCUT2D eigenvalue weighted by Crippen LogP contribution is 2.34. The first kappa shape index (κ1) is 25.4. The van der Waals surface area contributed by atoms with Crippen LogP contribution >= 0.6 is 35.6 Å². The van der Waals surface area contributed by atoms with Crippen LogP contribution in [0.5, 0.6) is 0 Å². The molecular weight excluding hydrogens is 548 g/mol. The number of nitrogens with zero attached hydrogens (tertiary/aromatic N) is 6. The number of nitrogens with one attached hydrogen (secondary N) is 2. The second-order valence-electron chi connectivity index (χ2n) is 7.02. The predicted octanol–water partition coefficient (Wildman–Crippen LogP) is 3.14. The number of hydrogen-bond donors (Lipinski definition) is 2. The fourth-order valence-corrected chi connectivity index (χ4v) is 3.43. The molecule has 0 aliphatic carbocycles. The van der Waals surface area contributed by atoms with Crippen molar-refractivity contribution < 1.29 is 13.2 Å². The Kier molecular flexibility index (Phi) is 8.74. The van der Waals surface area contributed by atoms with Crippen molar-refractivity contribution in [2.45, 2.75) is 39.0 Å². The molecule has 3 rings (SSSR count). The van der Waals surface area contributed by atoms with Crippen LogP contribution in [0.3, 0.4) is 0 Å². The van der Waals surface area contributed by atoms with E-state index in [0.717, 1.165) is 30.3 Å². The second kappa shape index (κ2) is 10.7. The fraction of sp³-hybridized carbons (Fsp3) is 0.556. The average molecular weight is 573 g/mol. The van der Waals surface area contributed by atoms with E-state index in [1.165, 1.54) is 0 Å². The van der Waals surface area contributed by atoms with E-state index >= 15 is 0 Å². The van der Waals surface area contributed by atoms with Crippen LogP contribution in [0.4, 0.5) is 19.0 Å². The molecule has 2 N–H and O–H groups in total. The van der Waals surface area contributed by atoms with E-state index in [9.17, 15) is 13.2 Å². The van der Waals surface area contributed by atoms with Crippen molar-refractivity contribution in [3.63, 3.8) is 0 Å². The number of guanidine groups is 1. The Labute approximate surface area is 200 Å². The Morgan fingerprint density at radius 2 is 2.10 bits per heavy atom. The zero-order valence-corrected chi connectivity index (χ0v) is 20.5. The van der Waals surface area contributed by atoms with Gasteiger partial charge in [0.15, 0.2) is 11.8 Å². The van der Waals surface area contributed by atoms with Crippen molar-refractivity contribution in [3.05, 3.63) is 34.5 Å². The van der Waals surface area contributed by atoms with E-state index in [1.54, 1.807) is 0 Å². The molecule has 13 heteroatoms. The number of hydrogen-bond acceptors (Lipinski definition) is 5. The van der Waals surface area contributed by atoms with E-state index in [1.807, 2.05) is 30.4 Å². The number of pyridine rings is 1. The zero-order valence-electron chi connectivity index (χ0n) is 17.4. The van der Waals surface area contributed by atoms with Crippen LogP contribution in [0.15, 0.2) is 17.3 Å². The maximum absolute atomic E-state index is 12.8. The van der Waals surface area contributed by atoms with Gasteiger partial charge < -0.3 is 20.1 Å². The monoisotopic (exact) mass is 572 g/mol. The van der Waals surface area contributed by atoms with Crippen LogP contribution in [-0.2, 0) is 19.8 Å². The Morgan fingerprint density at radius 1 is 1.35 bits per heavy atom. The van der Waals surface area contributed by atoms with Crippen molar-refractivity contribution in [2.75, 3.05) is 24.5 Å². The molecule has 0 aromatic carbocycles. The van der Waals surface area contributed by atoms with Crippen molar-refractivity contribution in [2.24, 2.45) is 12.0 Å². The summed E-state index contributed by atoms with van der Waals surface area (Å²) in [6.45, 7) is 6.07. The molecule has 3 heterocycles. The highest BCUT2D eigenvalue weighted by Gasteiger charge is 2.33. The number of aliphatic imine (C=N–C) groups is 1. The first-order chi connectivity index (χ1) is 14.2. The van der Waals surface area contributed by atoms with Gasteiger partial charge >= 0.3 is 6.18 Å². The van der Waals surface area contributed by atoms with E-state index < -0.39 is 11.7 Å². The van der Waals surface area contributed by atoms with Gasteiger partial charge in [0.05, 0.1) is 10.6 Å². The van der Waals surface area contributed by atoms with E-state index in [0.29, 0.717) is 38.0 Å². The van der Waals surface area contributed by atoms with Crippen LogP contribution < -0.4 is 15.5 Å². The molecule has 1 atom stereocenters. The number of aromatic nitrogens is 4. The Balaban J connectivity index is 0.00000341. The molecule has 1 saturated heterocycles. The number of alkyl halides is 3. The normalized spacial score (nSPS) is 16.9. The largest absolute Gasteiger partial charge is 0.417 e. The lowest BCUT2D eigenvalue weighted by molar-refractivity contribution is -0.137. The molecule has 2 aromatic rings. The minimum atomic E-state index is -4.47. The van der Waals surface area contributed by atoms with Gasteiger partial charge in [0, 0.05) is 38.9 Å². The van der Waals surface area contributed by atoms with Crippen molar-refractivity contribution in [3.8, 4) is 0 Å². The third-order valence-electron chi connectivity index (χ3n) is 4.88. The van der Waals surface area contributed by atoms with Crippen molar-refractivity contribution in [1.82, 2.24) is 30.4 Å². The smallest absolute Gasteiger partial charge is 0.357 e. The van der Waals surface area contributed by atoms with E-state index in [-0.39, 0.29) is 35.0 Å². The Hall–Kier alpha value is -1.83. The van der Waals surface area contributed by atoms with Crippen molar-refractivity contribution >= 4 is 47.4 Å².